The molecule has 0 aromatic rings. The first-order valence-electron chi connectivity index (χ1n) is 10.7. The van der Waals surface area contributed by atoms with E-state index in [4.69, 9.17) is 18.9 Å². The third-order valence-corrected chi connectivity index (χ3v) is 4.56. The molecule has 0 aliphatic heterocycles. The Morgan fingerprint density at radius 1 is 0.821 bits per heavy atom. The molecule has 1 atom stereocenters. The second-order valence-electron chi connectivity index (χ2n) is 8.45. The third-order valence-electron chi connectivity index (χ3n) is 4.56. The zero-order valence-electron chi connectivity index (χ0n) is 18.9. The molecule has 0 spiro atoms. The highest BCUT2D eigenvalue weighted by molar-refractivity contribution is 5.80. The summed E-state index contributed by atoms with van der Waals surface area (Å²) in [5.74, 6) is 0.752. The maximum atomic E-state index is 14.3. The molecule has 28 heavy (non-hydrogen) atoms. The van der Waals surface area contributed by atoms with Crippen LogP contribution < -0.4 is 0 Å². The summed E-state index contributed by atoms with van der Waals surface area (Å²) in [6.07, 6.45) is 1.54. The van der Waals surface area contributed by atoms with Crippen molar-refractivity contribution >= 4 is 5.78 Å². The highest BCUT2D eigenvalue weighted by Gasteiger charge is 2.30. The molecule has 6 heteroatoms. The van der Waals surface area contributed by atoms with Gasteiger partial charge in [-0.05, 0) is 39.0 Å². The van der Waals surface area contributed by atoms with Gasteiger partial charge < -0.3 is 18.9 Å². The standard InChI is InChI=1S/C22H43FO5/c1-18(2)8-7-11-25-12-13-26-14-15-27-16-17-28-22(5,6)21(23)10-9-20(24)19(3)4/h18-19,21H,7-17H2,1-6H3. The Bertz CT molecular complexity index is 385. The zero-order chi connectivity index (χ0) is 21.4. The normalized spacial score (nSPS) is 13.5. The minimum absolute atomic E-state index is 0.0525. The van der Waals surface area contributed by atoms with E-state index in [9.17, 15) is 9.18 Å². The lowest BCUT2D eigenvalue weighted by molar-refractivity contribution is -0.123. The number of ether oxygens (including phenoxy) is 4. The van der Waals surface area contributed by atoms with Crippen LogP contribution in [-0.2, 0) is 23.7 Å². The van der Waals surface area contributed by atoms with Gasteiger partial charge in [0.05, 0.1) is 45.2 Å². The number of carbonyl (C=O) groups excluding carboxylic acids is 1. The predicted octanol–water partition coefficient (Wildman–Crippen LogP) is 4.61. The molecule has 0 rings (SSSR count). The van der Waals surface area contributed by atoms with Crippen molar-refractivity contribution in [1.29, 1.82) is 0 Å². The summed E-state index contributed by atoms with van der Waals surface area (Å²) in [5, 5.41) is 0. The minimum Gasteiger partial charge on any atom is -0.379 e. The summed E-state index contributed by atoms with van der Waals surface area (Å²) < 4.78 is 36.3. The average Bonchev–Trinajstić information content (AvgIpc) is 2.62. The lowest BCUT2D eigenvalue weighted by Gasteiger charge is -2.29. The van der Waals surface area contributed by atoms with Gasteiger partial charge in [0.2, 0.25) is 0 Å². The van der Waals surface area contributed by atoms with Crippen molar-refractivity contribution in [3.63, 3.8) is 0 Å². The topological polar surface area (TPSA) is 54.0 Å². The van der Waals surface area contributed by atoms with E-state index in [-0.39, 0.29) is 24.5 Å². The van der Waals surface area contributed by atoms with E-state index >= 15 is 0 Å². The molecule has 0 aliphatic rings. The van der Waals surface area contributed by atoms with Crippen molar-refractivity contribution in [2.45, 2.75) is 79.0 Å². The summed E-state index contributed by atoms with van der Waals surface area (Å²) in [4.78, 5) is 11.6. The fourth-order valence-corrected chi connectivity index (χ4v) is 2.49. The molecule has 0 aliphatic carbocycles. The average molecular weight is 407 g/mol. The Morgan fingerprint density at radius 3 is 1.82 bits per heavy atom. The Labute approximate surface area is 171 Å². The summed E-state index contributed by atoms with van der Waals surface area (Å²) >= 11 is 0. The van der Waals surface area contributed by atoms with Crippen LogP contribution in [-0.4, -0.2) is 63.8 Å². The van der Waals surface area contributed by atoms with Crippen molar-refractivity contribution in [2.24, 2.45) is 11.8 Å². The molecule has 0 amide bonds. The summed E-state index contributed by atoms with van der Waals surface area (Å²) in [6, 6.07) is 0. The van der Waals surface area contributed by atoms with Crippen molar-refractivity contribution in [2.75, 3.05) is 46.2 Å². The molecule has 0 N–H and O–H groups in total. The number of halogens is 1. The van der Waals surface area contributed by atoms with Gasteiger partial charge in [0.1, 0.15) is 12.0 Å². The van der Waals surface area contributed by atoms with E-state index in [2.05, 4.69) is 13.8 Å². The van der Waals surface area contributed by atoms with Gasteiger partial charge in [0.25, 0.3) is 0 Å². The first-order chi connectivity index (χ1) is 13.2. The van der Waals surface area contributed by atoms with E-state index in [1.54, 1.807) is 13.8 Å². The molecule has 168 valence electrons. The molecule has 0 aromatic carbocycles. The van der Waals surface area contributed by atoms with E-state index in [1.165, 1.54) is 6.42 Å². The number of rotatable bonds is 19. The number of ketones is 1. The Hall–Kier alpha value is -0.560. The van der Waals surface area contributed by atoms with Crippen LogP contribution in [0.3, 0.4) is 0 Å². The molecule has 0 radical (unpaired) electrons. The van der Waals surface area contributed by atoms with Crippen LogP contribution in [0.15, 0.2) is 0 Å². The molecular weight excluding hydrogens is 363 g/mol. The fourth-order valence-electron chi connectivity index (χ4n) is 2.49. The maximum absolute atomic E-state index is 14.3. The predicted molar refractivity (Wildman–Crippen MR) is 111 cm³/mol. The zero-order valence-corrected chi connectivity index (χ0v) is 18.9. The van der Waals surface area contributed by atoms with Gasteiger partial charge in [-0.3, -0.25) is 4.79 Å². The van der Waals surface area contributed by atoms with Crippen LogP contribution in [0.2, 0.25) is 0 Å². The molecule has 0 saturated heterocycles. The number of Topliss-reactive ketones (excluding diaryl/α,β-unsaturated/α-hetero) is 1. The van der Waals surface area contributed by atoms with Gasteiger partial charge in [-0.15, -0.1) is 0 Å². The summed E-state index contributed by atoms with van der Waals surface area (Å²) in [6.45, 7) is 15.1. The quantitative estimate of drug-likeness (QED) is 0.293. The van der Waals surface area contributed by atoms with E-state index in [0.29, 0.717) is 39.6 Å². The lowest BCUT2D eigenvalue weighted by Crippen LogP contribution is -2.37. The number of alkyl halides is 1. The van der Waals surface area contributed by atoms with Crippen LogP contribution in [0.5, 0.6) is 0 Å². The molecular formula is C22H43FO5. The first-order valence-corrected chi connectivity index (χ1v) is 10.7. The first kappa shape index (κ1) is 27.4. The van der Waals surface area contributed by atoms with Crippen LogP contribution in [0.25, 0.3) is 0 Å². The number of hydrogen-bond acceptors (Lipinski definition) is 5. The smallest absolute Gasteiger partial charge is 0.135 e. The second-order valence-corrected chi connectivity index (χ2v) is 8.45. The molecule has 0 saturated carbocycles. The lowest BCUT2D eigenvalue weighted by atomic mass is 9.95. The van der Waals surface area contributed by atoms with Crippen LogP contribution in [0, 0.1) is 11.8 Å². The number of carbonyl (C=O) groups is 1. The molecule has 1 unspecified atom stereocenters. The van der Waals surface area contributed by atoms with Crippen molar-refractivity contribution < 1.29 is 28.1 Å². The van der Waals surface area contributed by atoms with Crippen molar-refractivity contribution in [3.05, 3.63) is 0 Å². The largest absolute Gasteiger partial charge is 0.379 e. The highest BCUT2D eigenvalue weighted by atomic mass is 19.1. The monoisotopic (exact) mass is 406 g/mol. The van der Waals surface area contributed by atoms with Gasteiger partial charge in [0, 0.05) is 18.9 Å². The third kappa shape index (κ3) is 15.4. The highest BCUT2D eigenvalue weighted by Crippen LogP contribution is 2.23. The van der Waals surface area contributed by atoms with Crippen molar-refractivity contribution in [1.82, 2.24) is 0 Å². The van der Waals surface area contributed by atoms with E-state index in [1.807, 2.05) is 13.8 Å². The molecule has 0 aromatic heterocycles. The molecule has 0 bridgehead atoms. The summed E-state index contributed by atoms with van der Waals surface area (Å²) in [5.41, 5.74) is -0.927. The molecule has 0 heterocycles. The van der Waals surface area contributed by atoms with Crippen LogP contribution in [0.1, 0.15) is 67.2 Å². The maximum Gasteiger partial charge on any atom is 0.135 e. The van der Waals surface area contributed by atoms with Crippen LogP contribution >= 0.6 is 0 Å². The van der Waals surface area contributed by atoms with Crippen molar-refractivity contribution in [3.8, 4) is 0 Å². The molecule has 0 fully saturated rings. The van der Waals surface area contributed by atoms with Gasteiger partial charge in [-0.2, -0.15) is 0 Å². The van der Waals surface area contributed by atoms with Gasteiger partial charge in [0.15, 0.2) is 0 Å². The number of hydrogen-bond donors (Lipinski definition) is 0. The van der Waals surface area contributed by atoms with Gasteiger partial charge in [-0.25, -0.2) is 4.39 Å². The van der Waals surface area contributed by atoms with Crippen LogP contribution in [0.4, 0.5) is 4.39 Å². The molecule has 5 nitrogen and oxygen atoms in total. The Morgan fingerprint density at radius 2 is 1.32 bits per heavy atom. The fraction of sp³-hybridized carbons (Fsp3) is 0.955. The second kappa shape index (κ2) is 16.3. The Kier molecular flexibility index (Phi) is 15.9. The van der Waals surface area contributed by atoms with Gasteiger partial charge >= 0.3 is 0 Å². The minimum atomic E-state index is -1.18. The van der Waals surface area contributed by atoms with E-state index in [0.717, 1.165) is 18.9 Å². The SMILES string of the molecule is CC(C)CCCOCCOCCOCCOC(C)(C)C(F)CCC(=O)C(C)C. The summed E-state index contributed by atoms with van der Waals surface area (Å²) in [7, 11) is 0. The Balaban J connectivity index is 3.54. The van der Waals surface area contributed by atoms with Gasteiger partial charge in [-0.1, -0.05) is 27.7 Å². The van der Waals surface area contributed by atoms with E-state index < -0.39 is 11.8 Å².